The van der Waals surface area contributed by atoms with Gasteiger partial charge in [0.2, 0.25) is 5.91 Å². The van der Waals surface area contributed by atoms with Crippen LogP contribution in [0.4, 0.5) is 0 Å². The molecule has 1 N–H and O–H groups in total. The third kappa shape index (κ3) is 3.34. The Labute approximate surface area is 132 Å². The second kappa shape index (κ2) is 6.99. The van der Waals surface area contributed by atoms with Crippen molar-refractivity contribution in [2.24, 2.45) is 5.92 Å². The first-order chi connectivity index (χ1) is 10.5. The maximum atomic E-state index is 12.8. The Morgan fingerprint density at radius 3 is 2.59 bits per heavy atom. The van der Waals surface area contributed by atoms with E-state index < -0.39 is 0 Å². The SMILES string of the molecule is CCCNC(=O)C1CCCN(C(=O)c2c(C)oc(C)c2C)C1. The summed E-state index contributed by atoms with van der Waals surface area (Å²) in [5.74, 6) is 1.40. The molecule has 1 aliphatic heterocycles. The van der Waals surface area contributed by atoms with Crippen LogP contribution in [-0.4, -0.2) is 36.3 Å². The van der Waals surface area contributed by atoms with Crippen LogP contribution in [0.3, 0.4) is 0 Å². The van der Waals surface area contributed by atoms with Gasteiger partial charge in [-0.1, -0.05) is 6.92 Å². The fourth-order valence-corrected chi connectivity index (χ4v) is 3.03. The molecule has 0 aromatic carbocycles. The molecule has 2 amide bonds. The van der Waals surface area contributed by atoms with Crippen molar-refractivity contribution in [3.05, 3.63) is 22.6 Å². The minimum Gasteiger partial charge on any atom is -0.466 e. The van der Waals surface area contributed by atoms with Gasteiger partial charge in [0.1, 0.15) is 11.5 Å². The van der Waals surface area contributed by atoms with Crippen molar-refractivity contribution in [2.45, 2.75) is 47.0 Å². The minimum absolute atomic E-state index is 0.0140. The smallest absolute Gasteiger partial charge is 0.257 e. The summed E-state index contributed by atoms with van der Waals surface area (Å²) in [6, 6.07) is 0. The highest BCUT2D eigenvalue weighted by Gasteiger charge is 2.31. The highest BCUT2D eigenvalue weighted by molar-refractivity contribution is 5.97. The van der Waals surface area contributed by atoms with Crippen molar-refractivity contribution in [3.8, 4) is 0 Å². The number of nitrogens with one attached hydrogen (secondary N) is 1. The Hall–Kier alpha value is -1.78. The number of hydrogen-bond donors (Lipinski definition) is 1. The van der Waals surface area contributed by atoms with Gasteiger partial charge >= 0.3 is 0 Å². The first kappa shape index (κ1) is 16.6. The molecule has 1 aromatic heterocycles. The lowest BCUT2D eigenvalue weighted by Crippen LogP contribution is -2.45. The standard InChI is InChI=1S/C17H26N2O3/c1-5-8-18-16(20)14-7-6-9-19(10-14)17(21)15-11(2)12(3)22-13(15)4/h14H,5-10H2,1-4H3,(H,18,20). The Morgan fingerprint density at radius 1 is 1.27 bits per heavy atom. The van der Waals surface area contributed by atoms with Gasteiger partial charge in [-0.15, -0.1) is 0 Å². The summed E-state index contributed by atoms with van der Waals surface area (Å²) in [5, 5.41) is 2.93. The molecule has 0 aliphatic carbocycles. The van der Waals surface area contributed by atoms with Gasteiger partial charge in [-0.2, -0.15) is 0 Å². The molecule has 5 heteroatoms. The van der Waals surface area contributed by atoms with Crippen LogP contribution in [0.25, 0.3) is 0 Å². The van der Waals surface area contributed by atoms with Crippen molar-refractivity contribution in [1.82, 2.24) is 10.2 Å². The molecule has 1 atom stereocenters. The zero-order valence-corrected chi connectivity index (χ0v) is 14.0. The molecular formula is C17H26N2O3. The van der Waals surface area contributed by atoms with Crippen molar-refractivity contribution in [1.29, 1.82) is 0 Å². The Morgan fingerprint density at radius 2 is 2.00 bits per heavy atom. The molecule has 0 saturated carbocycles. The summed E-state index contributed by atoms with van der Waals surface area (Å²) in [4.78, 5) is 26.7. The van der Waals surface area contributed by atoms with E-state index in [1.54, 1.807) is 4.90 Å². The van der Waals surface area contributed by atoms with E-state index in [0.717, 1.165) is 30.6 Å². The molecule has 1 unspecified atom stereocenters. The minimum atomic E-state index is -0.0992. The lowest BCUT2D eigenvalue weighted by molar-refractivity contribution is -0.126. The first-order valence-electron chi connectivity index (χ1n) is 8.09. The monoisotopic (exact) mass is 306 g/mol. The van der Waals surface area contributed by atoms with E-state index in [0.29, 0.717) is 31.0 Å². The lowest BCUT2D eigenvalue weighted by Gasteiger charge is -2.32. The van der Waals surface area contributed by atoms with E-state index in [4.69, 9.17) is 4.42 Å². The second-order valence-corrected chi connectivity index (χ2v) is 6.10. The first-order valence-corrected chi connectivity index (χ1v) is 8.09. The van der Waals surface area contributed by atoms with Crippen molar-refractivity contribution in [2.75, 3.05) is 19.6 Å². The van der Waals surface area contributed by atoms with Gasteiger partial charge in [0.15, 0.2) is 0 Å². The van der Waals surface area contributed by atoms with Crippen LogP contribution in [0.5, 0.6) is 0 Å². The number of furan rings is 1. The van der Waals surface area contributed by atoms with Gasteiger partial charge in [-0.3, -0.25) is 9.59 Å². The molecule has 22 heavy (non-hydrogen) atoms. The van der Waals surface area contributed by atoms with E-state index in [9.17, 15) is 9.59 Å². The van der Waals surface area contributed by atoms with Gasteiger partial charge in [0.25, 0.3) is 5.91 Å². The van der Waals surface area contributed by atoms with Crippen LogP contribution < -0.4 is 5.32 Å². The number of aryl methyl sites for hydroxylation is 2. The van der Waals surface area contributed by atoms with E-state index >= 15 is 0 Å². The fourth-order valence-electron chi connectivity index (χ4n) is 3.03. The average molecular weight is 306 g/mol. The summed E-state index contributed by atoms with van der Waals surface area (Å²) in [7, 11) is 0. The predicted octanol–water partition coefficient (Wildman–Crippen LogP) is 2.58. The third-order valence-electron chi connectivity index (χ3n) is 4.40. The zero-order valence-electron chi connectivity index (χ0n) is 14.0. The maximum absolute atomic E-state index is 12.8. The summed E-state index contributed by atoms with van der Waals surface area (Å²) < 4.78 is 5.56. The number of amides is 2. The van der Waals surface area contributed by atoms with E-state index in [-0.39, 0.29) is 17.7 Å². The molecule has 5 nitrogen and oxygen atoms in total. The Bertz CT molecular complexity index is 562. The number of likely N-dealkylation sites (tertiary alicyclic amines) is 1. The molecule has 0 spiro atoms. The zero-order chi connectivity index (χ0) is 16.3. The van der Waals surface area contributed by atoms with Crippen LogP contribution in [-0.2, 0) is 4.79 Å². The Balaban J connectivity index is 2.08. The third-order valence-corrected chi connectivity index (χ3v) is 4.40. The Kier molecular flexibility index (Phi) is 5.27. The van der Waals surface area contributed by atoms with Gasteiger partial charge in [0.05, 0.1) is 11.5 Å². The van der Waals surface area contributed by atoms with Crippen LogP contribution in [0, 0.1) is 26.7 Å². The number of carbonyl (C=O) groups excluding carboxylic acids is 2. The van der Waals surface area contributed by atoms with Crippen molar-refractivity contribution < 1.29 is 14.0 Å². The molecule has 1 aromatic rings. The van der Waals surface area contributed by atoms with E-state index in [1.807, 2.05) is 27.7 Å². The molecular weight excluding hydrogens is 280 g/mol. The quantitative estimate of drug-likeness (QED) is 0.930. The molecule has 1 aliphatic rings. The molecule has 1 saturated heterocycles. The summed E-state index contributed by atoms with van der Waals surface area (Å²) in [5.41, 5.74) is 1.56. The summed E-state index contributed by atoms with van der Waals surface area (Å²) in [6.07, 6.45) is 2.64. The molecule has 0 bridgehead atoms. The van der Waals surface area contributed by atoms with Crippen LogP contribution >= 0.6 is 0 Å². The van der Waals surface area contributed by atoms with Crippen molar-refractivity contribution in [3.63, 3.8) is 0 Å². The topological polar surface area (TPSA) is 62.6 Å². The van der Waals surface area contributed by atoms with Gasteiger partial charge < -0.3 is 14.6 Å². The van der Waals surface area contributed by atoms with E-state index in [2.05, 4.69) is 5.32 Å². The van der Waals surface area contributed by atoms with Crippen LogP contribution in [0.2, 0.25) is 0 Å². The number of nitrogens with zero attached hydrogens (tertiary/aromatic N) is 1. The number of hydrogen-bond acceptors (Lipinski definition) is 3. The summed E-state index contributed by atoms with van der Waals surface area (Å²) >= 11 is 0. The molecule has 0 radical (unpaired) electrons. The highest BCUT2D eigenvalue weighted by Crippen LogP contribution is 2.25. The average Bonchev–Trinajstić information content (AvgIpc) is 2.77. The number of carbonyl (C=O) groups is 2. The lowest BCUT2D eigenvalue weighted by atomic mass is 9.96. The van der Waals surface area contributed by atoms with E-state index in [1.165, 1.54) is 0 Å². The molecule has 2 heterocycles. The van der Waals surface area contributed by atoms with Crippen LogP contribution in [0.1, 0.15) is 53.6 Å². The van der Waals surface area contributed by atoms with Crippen molar-refractivity contribution >= 4 is 11.8 Å². The summed E-state index contributed by atoms with van der Waals surface area (Å²) in [6.45, 7) is 9.54. The number of rotatable bonds is 4. The molecule has 2 rings (SSSR count). The van der Waals surface area contributed by atoms with Crippen LogP contribution in [0.15, 0.2) is 4.42 Å². The largest absolute Gasteiger partial charge is 0.466 e. The maximum Gasteiger partial charge on any atom is 0.257 e. The number of piperidine rings is 1. The molecule has 122 valence electrons. The fraction of sp³-hybridized carbons (Fsp3) is 0.647. The molecule has 1 fully saturated rings. The predicted molar refractivity (Wildman–Crippen MR) is 84.8 cm³/mol. The van der Waals surface area contributed by atoms with Gasteiger partial charge in [-0.05, 0) is 40.0 Å². The van der Waals surface area contributed by atoms with Gasteiger partial charge in [0, 0.05) is 25.2 Å². The highest BCUT2D eigenvalue weighted by atomic mass is 16.3. The normalized spacial score (nSPS) is 18.4. The second-order valence-electron chi connectivity index (χ2n) is 6.10. The van der Waals surface area contributed by atoms with Gasteiger partial charge in [-0.25, -0.2) is 0 Å².